The molecule has 0 spiro atoms. The molecule has 1 fully saturated rings. The number of halogens is 4. The van der Waals surface area contributed by atoms with E-state index >= 15 is 0 Å². The van der Waals surface area contributed by atoms with E-state index in [2.05, 4.69) is 15.9 Å². The molecule has 0 aliphatic carbocycles. The molecular weight excluding hydrogens is 515 g/mol. The number of alkyl halides is 3. The second kappa shape index (κ2) is 8.98. The summed E-state index contributed by atoms with van der Waals surface area (Å²) in [6.45, 7) is 0. The average Bonchev–Trinajstić information content (AvgIpc) is 3.09. The summed E-state index contributed by atoms with van der Waals surface area (Å²) in [6.07, 6.45) is -4.65. The summed E-state index contributed by atoms with van der Waals surface area (Å²) in [5.74, 6) is -2.08. The number of aliphatic hydroxyl groups excluding tert-OH is 1. The standard InChI is InChI=1S/C25H17BrF3NO4/c1-34-19-7-2-4-15(12-19)21-20(22(31)14-8-10-17(26)11-9-14)23(32)24(33)30(21)18-6-3-5-16(13-18)25(27,28)29/h2-13,21,31H,1H3/b22-20+. The topological polar surface area (TPSA) is 66.8 Å². The molecule has 3 aromatic carbocycles. The maximum atomic E-state index is 13.4. The van der Waals surface area contributed by atoms with Gasteiger partial charge in [-0.05, 0) is 48.0 Å². The first-order chi connectivity index (χ1) is 16.1. The van der Waals surface area contributed by atoms with Gasteiger partial charge in [0.05, 0.1) is 24.3 Å². The van der Waals surface area contributed by atoms with Gasteiger partial charge >= 0.3 is 6.18 Å². The molecule has 0 bridgehead atoms. The van der Waals surface area contributed by atoms with Crippen molar-refractivity contribution in [2.75, 3.05) is 12.0 Å². The summed E-state index contributed by atoms with van der Waals surface area (Å²) in [5, 5.41) is 11.1. The first-order valence-electron chi connectivity index (χ1n) is 10.00. The molecule has 174 valence electrons. The lowest BCUT2D eigenvalue weighted by molar-refractivity contribution is -0.137. The van der Waals surface area contributed by atoms with Crippen LogP contribution in [0.2, 0.25) is 0 Å². The number of amides is 1. The lowest BCUT2D eigenvalue weighted by Gasteiger charge is -2.26. The zero-order chi connectivity index (χ0) is 24.6. The van der Waals surface area contributed by atoms with Gasteiger partial charge in [0.2, 0.25) is 0 Å². The van der Waals surface area contributed by atoms with Gasteiger partial charge in [-0.25, -0.2) is 0 Å². The summed E-state index contributed by atoms with van der Waals surface area (Å²) < 4.78 is 46.1. The third-order valence-electron chi connectivity index (χ3n) is 5.42. The summed E-state index contributed by atoms with van der Waals surface area (Å²) in [7, 11) is 1.44. The van der Waals surface area contributed by atoms with Crippen molar-refractivity contribution < 1.29 is 32.6 Å². The van der Waals surface area contributed by atoms with E-state index in [1.165, 1.54) is 13.2 Å². The van der Waals surface area contributed by atoms with Crippen molar-refractivity contribution in [3.05, 3.63) is 99.5 Å². The van der Waals surface area contributed by atoms with Crippen LogP contribution < -0.4 is 9.64 Å². The highest BCUT2D eigenvalue weighted by molar-refractivity contribution is 9.10. The van der Waals surface area contributed by atoms with Gasteiger partial charge in [-0.2, -0.15) is 13.2 Å². The van der Waals surface area contributed by atoms with E-state index in [-0.39, 0.29) is 16.8 Å². The molecule has 34 heavy (non-hydrogen) atoms. The lowest BCUT2D eigenvalue weighted by Crippen LogP contribution is -2.29. The first-order valence-corrected chi connectivity index (χ1v) is 10.8. The molecule has 0 radical (unpaired) electrons. The zero-order valence-corrected chi connectivity index (χ0v) is 19.2. The van der Waals surface area contributed by atoms with Crippen LogP contribution in [0.25, 0.3) is 5.76 Å². The highest BCUT2D eigenvalue weighted by Gasteiger charge is 2.47. The smallest absolute Gasteiger partial charge is 0.416 e. The summed E-state index contributed by atoms with van der Waals surface area (Å²) in [5.41, 5.74) is -0.672. The van der Waals surface area contributed by atoms with Gasteiger partial charge in [0.15, 0.2) is 0 Å². The van der Waals surface area contributed by atoms with Crippen molar-refractivity contribution in [3.63, 3.8) is 0 Å². The van der Waals surface area contributed by atoms with Gasteiger partial charge in [0, 0.05) is 15.7 Å². The van der Waals surface area contributed by atoms with Crippen LogP contribution in [0.1, 0.15) is 22.7 Å². The van der Waals surface area contributed by atoms with Crippen LogP contribution in [0.15, 0.2) is 82.8 Å². The first kappa shape index (κ1) is 23.6. The molecule has 1 amide bonds. The number of hydrogen-bond acceptors (Lipinski definition) is 4. The van der Waals surface area contributed by atoms with Crippen LogP contribution >= 0.6 is 15.9 Å². The Morgan fingerprint density at radius 3 is 2.32 bits per heavy atom. The Morgan fingerprint density at radius 2 is 1.68 bits per heavy atom. The molecule has 1 N–H and O–H groups in total. The van der Waals surface area contributed by atoms with Gasteiger partial charge in [-0.1, -0.05) is 46.3 Å². The molecule has 3 aromatic rings. The number of ketones is 1. The van der Waals surface area contributed by atoms with Crippen molar-refractivity contribution in [1.82, 2.24) is 0 Å². The predicted molar refractivity (Wildman–Crippen MR) is 123 cm³/mol. The average molecular weight is 532 g/mol. The second-order valence-corrected chi connectivity index (χ2v) is 8.42. The van der Waals surface area contributed by atoms with E-state index < -0.39 is 35.2 Å². The monoisotopic (exact) mass is 531 g/mol. The zero-order valence-electron chi connectivity index (χ0n) is 17.6. The number of carbonyl (C=O) groups is 2. The van der Waals surface area contributed by atoms with Crippen LogP contribution in [0.5, 0.6) is 5.75 Å². The third kappa shape index (κ3) is 4.31. The fourth-order valence-corrected chi connectivity index (χ4v) is 4.09. The molecule has 9 heteroatoms. The maximum absolute atomic E-state index is 13.4. The van der Waals surface area contributed by atoms with Crippen LogP contribution in [0.4, 0.5) is 18.9 Å². The number of carbonyl (C=O) groups excluding carboxylic acids is 2. The molecule has 4 rings (SSSR count). The highest BCUT2D eigenvalue weighted by Crippen LogP contribution is 2.44. The molecule has 5 nitrogen and oxygen atoms in total. The molecular formula is C25H17BrF3NO4. The number of ether oxygens (including phenoxy) is 1. The molecule has 1 aliphatic rings. The lowest BCUT2D eigenvalue weighted by atomic mass is 9.95. The second-order valence-electron chi connectivity index (χ2n) is 7.50. The Hall–Kier alpha value is -3.59. The minimum atomic E-state index is -4.65. The van der Waals surface area contributed by atoms with E-state index in [0.29, 0.717) is 11.3 Å². The molecule has 1 heterocycles. The Morgan fingerprint density at radius 1 is 1.00 bits per heavy atom. The molecule has 0 saturated carbocycles. The Kier molecular flexibility index (Phi) is 6.22. The van der Waals surface area contributed by atoms with Crippen molar-refractivity contribution in [3.8, 4) is 5.75 Å². The van der Waals surface area contributed by atoms with Gasteiger partial charge in [-0.3, -0.25) is 14.5 Å². The van der Waals surface area contributed by atoms with Gasteiger partial charge in [0.25, 0.3) is 11.7 Å². The number of hydrogen-bond donors (Lipinski definition) is 1. The maximum Gasteiger partial charge on any atom is 0.416 e. The van der Waals surface area contributed by atoms with Crippen molar-refractivity contribution in [2.45, 2.75) is 12.2 Å². The molecule has 1 aliphatic heterocycles. The summed E-state index contributed by atoms with van der Waals surface area (Å²) in [6, 6.07) is 15.8. The van der Waals surface area contributed by atoms with Crippen LogP contribution in [-0.2, 0) is 15.8 Å². The quantitative estimate of drug-likeness (QED) is 0.251. The molecule has 0 aromatic heterocycles. The SMILES string of the molecule is COc1cccc(C2/C(=C(\O)c3ccc(Br)cc3)C(=O)C(=O)N2c2cccc(C(F)(F)F)c2)c1. The number of benzene rings is 3. The normalized spacial score (nSPS) is 17.8. The van der Waals surface area contributed by atoms with E-state index in [1.807, 2.05) is 0 Å². The number of methoxy groups -OCH3 is 1. The fraction of sp³-hybridized carbons (Fsp3) is 0.120. The minimum absolute atomic E-state index is 0.125. The number of rotatable bonds is 4. The van der Waals surface area contributed by atoms with Crippen molar-refractivity contribution in [2.24, 2.45) is 0 Å². The van der Waals surface area contributed by atoms with Crippen LogP contribution in [0, 0.1) is 0 Å². The van der Waals surface area contributed by atoms with E-state index in [0.717, 1.165) is 27.6 Å². The molecule has 1 saturated heterocycles. The Bertz CT molecular complexity index is 1300. The Balaban J connectivity index is 1.96. The molecule has 1 atom stereocenters. The minimum Gasteiger partial charge on any atom is -0.507 e. The van der Waals surface area contributed by atoms with Crippen molar-refractivity contribution in [1.29, 1.82) is 0 Å². The predicted octanol–water partition coefficient (Wildman–Crippen LogP) is 6.10. The third-order valence-corrected chi connectivity index (χ3v) is 5.95. The highest BCUT2D eigenvalue weighted by atomic mass is 79.9. The van der Waals surface area contributed by atoms with Gasteiger partial charge in [-0.15, -0.1) is 0 Å². The van der Waals surface area contributed by atoms with E-state index in [1.54, 1.807) is 48.5 Å². The summed E-state index contributed by atoms with van der Waals surface area (Å²) >= 11 is 3.29. The number of aliphatic hydroxyl groups is 1. The number of anilines is 1. The van der Waals surface area contributed by atoms with E-state index in [4.69, 9.17) is 4.74 Å². The van der Waals surface area contributed by atoms with Gasteiger partial charge < -0.3 is 9.84 Å². The Labute approximate surface area is 201 Å². The number of nitrogens with zero attached hydrogens (tertiary/aromatic N) is 1. The van der Waals surface area contributed by atoms with Crippen LogP contribution in [-0.4, -0.2) is 23.9 Å². The molecule has 1 unspecified atom stereocenters. The summed E-state index contributed by atoms with van der Waals surface area (Å²) in [4.78, 5) is 27.2. The van der Waals surface area contributed by atoms with Crippen LogP contribution in [0.3, 0.4) is 0 Å². The largest absolute Gasteiger partial charge is 0.507 e. The van der Waals surface area contributed by atoms with Crippen molar-refractivity contribution >= 4 is 39.1 Å². The number of Topliss-reactive ketones (excluding diaryl/α,β-unsaturated/α-hetero) is 1. The van der Waals surface area contributed by atoms with Gasteiger partial charge in [0.1, 0.15) is 11.5 Å². The van der Waals surface area contributed by atoms with E-state index in [9.17, 15) is 27.9 Å². The fourth-order valence-electron chi connectivity index (χ4n) is 3.82.